The average Bonchev–Trinajstić information content (AvgIpc) is 2.87. The van der Waals surface area contributed by atoms with E-state index in [1.807, 2.05) is 6.07 Å². The van der Waals surface area contributed by atoms with E-state index in [0.717, 1.165) is 4.47 Å². The molecule has 0 aliphatic heterocycles. The molecule has 2 rings (SSSR count). The predicted octanol–water partition coefficient (Wildman–Crippen LogP) is 3.02. The van der Waals surface area contributed by atoms with Gasteiger partial charge in [-0.05, 0) is 36.5 Å². The molecule has 0 heterocycles. The Morgan fingerprint density at radius 1 is 1.46 bits per heavy atom. The summed E-state index contributed by atoms with van der Waals surface area (Å²) in [7, 11) is 0. The molecule has 2 nitrogen and oxygen atoms in total. The molecule has 1 aliphatic rings. The molecule has 1 saturated carbocycles. The van der Waals surface area contributed by atoms with Crippen LogP contribution in [-0.2, 0) is 0 Å². The normalized spacial score (nSPS) is 15.8. The number of halogens is 1. The monoisotopic (exact) mass is 240 g/mol. The van der Waals surface area contributed by atoms with Gasteiger partial charge in [0.05, 0.1) is 5.56 Å². The number of carbonyl (C=O) groups is 1. The molecular weight excluding hydrogens is 232 g/mol. The number of hydrogen-bond acceptors (Lipinski definition) is 1. The quantitative estimate of drug-likeness (QED) is 0.863. The largest absolute Gasteiger partial charge is 0.478 e. The van der Waals surface area contributed by atoms with Crippen LogP contribution in [0.2, 0.25) is 0 Å². The molecule has 0 aromatic heterocycles. The summed E-state index contributed by atoms with van der Waals surface area (Å²) in [6, 6.07) is 5.25. The first-order valence-corrected chi connectivity index (χ1v) is 5.00. The third-order valence-corrected chi connectivity index (χ3v) is 2.95. The average molecular weight is 241 g/mol. The third-order valence-electron chi connectivity index (χ3n) is 2.26. The Kier molecular flexibility index (Phi) is 2.12. The van der Waals surface area contributed by atoms with Gasteiger partial charge >= 0.3 is 5.97 Å². The lowest BCUT2D eigenvalue weighted by Crippen LogP contribution is -1.96. The number of aromatic carboxylic acids is 1. The lowest BCUT2D eigenvalue weighted by Gasteiger charge is -2.02. The van der Waals surface area contributed by atoms with Crippen LogP contribution in [0.5, 0.6) is 0 Å². The van der Waals surface area contributed by atoms with Crippen molar-refractivity contribution in [3.05, 3.63) is 33.8 Å². The molecule has 68 valence electrons. The van der Waals surface area contributed by atoms with Crippen molar-refractivity contribution in [3.63, 3.8) is 0 Å². The Bertz CT molecular complexity index is 356. The highest BCUT2D eigenvalue weighted by Gasteiger charge is 2.25. The lowest BCUT2D eigenvalue weighted by atomic mass is 10.1. The number of benzene rings is 1. The number of rotatable bonds is 2. The van der Waals surface area contributed by atoms with E-state index in [4.69, 9.17) is 5.11 Å². The highest BCUT2D eigenvalue weighted by molar-refractivity contribution is 9.10. The summed E-state index contributed by atoms with van der Waals surface area (Å²) >= 11 is 3.39. The van der Waals surface area contributed by atoms with Crippen LogP contribution in [0.1, 0.15) is 34.7 Å². The third kappa shape index (κ3) is 1.75. The molecule has 0 amide bonds. The van der Waals surface area contributed by atoms with Crippen LogP contribution in [0.15, 0.2) is 22.7 Å². The molecule has 0 spiro atoms. The van der Waals surface area contributed by atoms with Gasteiger partial charge in [-0.15, -0.1) is 0 Å². The molecule has 0 radical (unpaired) electrons. The zero-order chi connectivity index (χ0) is 9.42. The van der Waals surface area contributed by atoms with Gasteiger partial charge in [-0.1, -0.05) is 22.0 Å². The molecule has 3 heteroatoms. The molecule has 0 unspecified atom stereocenters. The van der Waals surface area contributed by atoms with E-state index in [-0.39, 0.29) is 0 Å². The van der Waals surface area contributed by atoms with E-state index in [1.54, 1.807) is 12.1 Å². The fraction of sp³-hybridized carbons (Fsp3) is 0.300. The van der Waals surface area contributed by atoms with Gasteiger partial charge in [0.25, 0.3) is 0 Å². The van der Waals surface area contributed by atoms with Crippen LogP contribution in [0.4, 0.5) is 0 Å². The van der Waals surface area contributed by atoms with Crippen LogP contribution in [0.25, 0.3) is 0 Å². The van der Waals surface area contributed by atoms with E-state index in [1.165, 1.54) is 18.4 Å². The summed E-state index contributed by atoms with van der Waals surface area (Å²) in [4.78, 5) is 10.6. The van der Waals surface area contributed by atoms with Gasteiger partial charge in [-0.25, -0.2) is 4.79 Å². The molecule has 0 bridgehead atoms. The molecule has 0 atom stereocenters. The summed E-state index contributed by atoms with van der Waals surface area (Å²) in [5.41, 5.74) is 1.58. The van der Waals surface area contributed by atoms with Crippen LogP contribution >= 0.6 is 15.9 Å². The van der Waals surface area contributed by atoms with Gasteiger partial charge in [-0.2, -0.15) is 0 Å². The zero-order valence-electron chi connectivity index (χ0n) is 6.96. The summed E-state index contributed by atoms with van der Waals surface area (Å²) in [5, 5.41) is 8.73. The van der Waals surface area contributed by atoms with Crippen molar-refractivity contribution in [3.8, 4) is 0 Å². The van der Waals surface area contributed by atoms with Gasteiger partial charge in [0.2, 0.25) is 0 Å². The summed E-state index contributed by atoms with van der Waals surface area (Å²) in [6.07, 6.45) is 2.45. The first-order chi connectivity index (χ1) is 6.18. The second-order valence-corrected chi connectivity index (χ2v) is 4.17. The van der Waals surface area contributed by atoms with Crippen molar-refractivity contribution < 1.29 is 9.90 Å². The van der Waals surface area contributed by atoms with Crippen LogP contribution < -0.4 is 0 Å². The van der Waals surface area contributed by atoms with Crippen molar-refractivity contribution in [2.75, 3.05) is 0 Å². The van der Waals surface area contributed by atoms with Crippen LogP contribution in [0.3, 0.4) is 0 Å². The van der Waals surface area contributed by atoms with E-state index in [0.29, 0.717) is 11.5 Å². The SMILES string of the molecule is O=C(O)c1ccc(C2CC2)c(Br)c1. The Morgan fingerprint density at radius 2 is 2.15 bits per heavy atom. The van der Waals surface area contributed by atoms with Gasteiger partial charge in [0.15, 0.2) is 0 Å². The minimum Gasteiger partial charge on any atom is -0.478 e. The molecule has 13 heavy (non-hydrogen) atoms. The smallest absolute Gasteiger partial charge is 0.335 e. The Labute approximate surface area is 84.7 Å². The molecule has 1 aromatic rings. The standard InChI is InChI=1S/C10H9BrO2/c11-9-5-7(10(12)13)3-4-8(9)6-1-2-6/h3-6H,1-2H2,(H,12,13). The topological polar surface area (TPSA) is 37.3 Å². The molecule has 1 fully saturated rings. The van der Waals surface area contributed by atoms with Crippen molar-refractivity contribution in [1.29, 1.82) is 0 Å². The molecule has 1 N–H and O–H groups in total. The number of carboxylic acid groups (broad SMARTS) is 1. The summed E-state index contributed by atoms with van der Waals surface area (Å²) in [6.45, 7) is 0. The second-order valence-electron chi connectivity index (χ2n) is 3.32. The Hall–Kier alpha value is -0.830. The molecule has 0 saturated heterocycles. The van der Waals surface area contributed by atoms with Gasteiger partial charge < -0.3 is 5.11 Å². The van der Waals surface area contributed by atoms with Crippen LogP contribution in [0, 0.1) is 0 Å². The Balaban J connectivity index is 2.36. The number of carboxylic acids is 1. The van der Waals surface area contributed by atoms with Crippen molar-refractivity contribution in [2.45, 2.75) is 18.8 Å². The van der Waals surface area contributed by atoms with Gasteiger partial charge in [-0.3, -0.25) is 0 Å². The van der Waals surface area contributed by atoms with Crippen molar-refractivity contribution in [1.82, 2.24) is 0 Å². The first kappa shape index (κ1) is 8.75. The minimum absolute atomic E-state index is 0.344. The molecular formula is C10H9BrO2. The number of hydrogen-bond donors (Lipinski definition) is 1. The van der Waals surface area contributed by atoms with E-state index < -0.39 is 5.97 Å². The molecule has 1 aromatic carbocycles. The van der Waals surface area contributed by atoms with Crippen LogP contribution in [-0.4, -0.2) is 11.1 Å². The van der Waals surface area contributed by atoms with E-state index >= 15 is 0 Å². The highest BCUT2D eigenvalue weighted by Crippen LogP contribution is 2.43. The maximum absolute atomic E-state index is 10.6. The second kappa shape index (κ2) is 3.14. The van der Waals surface area contributed by atoms with Gasteiger partial charge in [0, 0.05) is 4.47 Å². The fourth-order valence-corrected chi connectivity index (χ4v) is 2.09. The first-order valence-electron chi connectivity index (χ1n) is 4.21. The summed E-state index contributed by atoms with van der Waals surface area (Å²) in [5.74, 6) is -0.222. The highest BCUT2D eigenvalue weighted by atomic mass is 79.9. The van der Waals surface area contributed by atoms with Crippen molar-refractivity contribution in [2.24, 2.45) is 0 Å². The minimum atomic E-state index is -0.872. The lowest BCUT2D eigenvalue weighted by molar-refractivity contribution is 0.0697. The fourth-order valence-electron chi connectivity index (χ4n) is 1.39. The molecule has 1 aliphatic carbocycles. The van der Waals surface area contributed by atoms with E-state index in [2.05, 4.69) is 15.9 Å². The maximum Gasteiger partial charge on any atom is 0.335 e. The van der Waals surface area contributed by atoms with E-state index in [9.17, 15) is 4.79 Å². The Morgan fingerprint density at radius 3 is 2.62 bits per heavy atom. The summed E-state index contributed by atoms with van der Waals surface area (Å²) < 4.78 is 0.926. The van der Waals surface area contributed by atoms with Crippen molar-refractivity contribution >= 4 is 21.9 Å². The zero-order valence-corrected chi connectivity index (χ0v) is 8.54. The predicted molar refractivity (Wildman–Crippen MR) is 53.1 cm³/mol. The maximum atomic E-state index is 10.6. The van der Waals surface area contributed by atoms with Gasteiger partial charge in [0.1, 0.15) is 0 Å².